The van der Waals surface area contributed by atoms with E-state index >= 15 is 0 Å². The molecule has 14 heavy (non-hydrogen) atoms. The van der Waals surface area contributed by atoms with Crippen molar-refractivity contribution in [2.45, 2.75) is 32.7 Å². The molecule has 0 spiro atoms. The molecule has 0 aliphatic carbocycles. The molecule has 0 bridgehead atoms. The van der Waals surface area contributed by atoms with Crippen molar-refractivity contribution in [3.8, 4) is 0 Å². The minimum absolute atomic E-state index is 0.134. The molecule has 0 aromatic heterocycles. The van der Waals surface area contributed by atoms with Crippen LogP contribution in [0.1, 0.15) is 26.7 Å². The van der Waals surface area contributed by atoms with E-state index < -0.39 is 10.1 Å². The van der Waals surface area contributed by atoms with E-state index in [-0.39, 0.29) is 5.75 Å². The lowest BCUT2D eigenvalue weighted by atomic mass is 10.2. The Hall–Kier alpha value is -0.130. The van der Waals surface area contributed by atoms with Gasteiger partial charge in [0.1, 0.15) is 0 Å². The molecule has 0 amide bonds. The van der Waals surface area contributed by atoms with E-state index in [0.717, 1.165) is 17.4 Å². The summed E-state index contributed by atoms with van der Waals surface area (Å²) >= 11 is 0. The number of rotatable bonds is 6. The molecule has 0 aromatic carbocycles. The summed E-state index contributed by atoms with van der Waals surface area (Å²) in [6.45, 7) is 5.04. The van der Waals surface area contributed by atoms with Crippen molar-refractivity contribution < 1.29 is 17.5 Å². The molecule has 0 heterocycles. The summed E-state index contributed by atoms with van der Waals surface area (Å²) in [5.41, 5.74) is 0. The predicted molar refractivity (Wildman–Crippen MR) is 57.8 cm³/mol. The molecule has 0 saturated carbocycles. The summed E-state index contributed by atoms with van der Waals surface area (Å²) in [7, 11) is 0.374. The SMILES string of the molecule is CCC(C)[N+](C)(C)CCCS(=O)(=O)O. The third-order valence-corrected chi connectivity index (χ3v) is 3.73. The maximum Gasteiger partial charge on any atom is 0.265 e. The Balaban J connectivity index is 4.00. The van der Waals surface area contributed by atoms with Gasteiger partial charge in [-0.3, -0.25) is 4.55 Å². The van der Waals surface area contributed by atoms with Crippen molar-refractivity contribution in [1.82, 2.24) is 0 Å². The Labute approximate surface area is 87.3 Å². The summed E-state index contributed by atoms with van der Waals surface area (Å²) in [5.74, 6) is -0.134. The van der Waals surface area contributed by atoms with E-state index in [1.165, 1.54) is 0 Å². The molecule has 1 atom stereocenters. The van der Waals surface area contributed by atoms with Crippen LogP contribution in [0, 0.1) is 0 Å². The Bertz CT molecular complexity index is 259. The van der Waals surface area contributed by atoms with Crippen LogP contribution in [0.2, 0.25) is 0 Å². The molecular formula is C9H22NO3S+. The zero-order chi connectivity index (χ0) is 11.4. The van der Waals surface area contributed by atoms with Crippen LogP contribution < -0.4 is 0 Å². The molecule has 0 fully saturated rings. The molecule has 86 valence electrons. The van der Waals surface area contributed by atoms with Crippen molar-refractivity contribution in [3.63, 3.8) is 0 Å². The van der Waals surface area contributed by atoms with Gasteiger partial charge in [0.05, 0.1) is 32.4 Å². The summed E-state index contributed by atoms with van der Waals surface area (Å²) in [6, 6.07) is 0.511. The van der Waals surface area contributed by atoms with Crippen molar-refractivity contribution in [3.05, 3.63) is 0 Å². The highest BCUT2D eigenvalue weighted by atomic mass is 32.2. The first-order chi connectivity index (χ1) is 6.19. The smallest absolute Gasteiger partial charge is 0.265 e. The van der Waals surface area contributed by atoms with Gasteiger partial charge < -0.3 is 4.48 Å². The standard InChI is InChI=1S/C9H21NO3S/c1-5-9(2)10(3,4)7-6-8-14(11,12)13/h9H,5-8H2,1-4H3/p+1. The van der Waals surface area contributed by atoms with Crippen LogP contribution in [-0.4, -0.2) is 49.9 Å². The third-order valence-electron chi connectivity index (χ3n) is 2.92. The first-order valence-corrected chi connectivity index (χ1v) is 6.58. The average Bonchev–Trinajstić information content (AvgIpc) is 2.00. The molecule has 4 nitrogen and oxygen atoms in total. The van der Waals surface area contributed by atoms with Crippen LogP contribution in [0.3, 0.4) is 0 Å². The predicted octanol–water partition coefficient (Wildman–Crippen LogP) is 1.14. The Morgan fingerprint density at radius 2 is 1.86 bits per heavy atom. The normalized spacial score (nSPS) is 15.5. The highest BCUT2D eigenvalue weighted by molar-refractivity contribution is 7.85. The molecule has 0 aliphatic rings. The zero-order valence-corrected chi connectivity index (χ0v) is 10.3. The zero-order valence-electron chi connectivity index (χ0n) is 9.52. The Morgan fingerprint density at radius 3 is 2.21 bits per heavy atom. The van der Waals surface area contributed by atoms with Crippen LogP contribution in [0.5, 0.6) is 0 Å². The fourth-order valence-corrected chi connectivity index (χ4v) is 1.86. The van der Waals surface area contributed by atoms with Crippen LogP contribution >= 0.6 is 0 Å². The van der Waals surface area contributed by atoms with Gasteiger partial charge in [-0.2, -0.15) is 8.42 Å². The van der Waals surface area contributed by atoms with E-state index in [1.807, 2.05) is 0 Å². The molecule has 1 unspecified atom stereocenters. The van der Waals surface area contributed by atoms with E-state index in [9.17, 15) is 8.42 Å². The maximum absolute atomic E-state index is 10.5. The van der Waals surface area contributed by atoms with Gasteiger partial charge in [-0.05, 0) is 13.3 Å². The Morgan fingerprint density at radius 1 is 1.36 bits per heavy atom. The van der Waals surface area contributed by atoms with Gasteiger partial charge in [-0.25, -0.2) is 0 Å². The van der Waals surface area contributed by atoms with Crippen molar-refractivity contribution >= 4 is 10.1 Å². The fraction of sp³-hybridized carbons (Fsp3) is 1.00. The first kappa shape index (κ1) is 13.9. The van der Waals surface area contributed by atoms with Gasteiger partial charge >= 0.3 is 0 Å². The van der Waals surface area contributed by atoms with Gasteiger partial charge in [0.25, 0.3) is 10.1 Å². The lowest BCUT2D eigenvalue weighted by Crippen LogP contribution is -2.47. The van der Waals surface area contributed by atoms with Crippen LogP contribution in [-0.2, 0) is 10.1 Å². The minimum atomic E-state index is -3.79. The van der Waals surface area contributed by atoms with Crippen LogP contribution in [0.25, 0.3) is 0 Å². The van der Waals surface area contributed by atoms with E-state index in [4.69, 9.17) is 4.55 Å². The number of quaternary nitrogens is 1. The number of hydrogen-bond acceptors (Lipinski definition) is 2. The van der Waals surface area contributed by atoms with Gasteiger partial charge in [-0.1, -0.05) is 6.92 Å². The highest BCUT2D eigenvalue weighted by Crippen LogP contribution is 2.10. The van der Waals surface area contributed by atoms with Crippen molar-refractivity contribution in [2.75, 3.05) is 26.4 Å². The Kier molecular flexibility index (Phi) is 5.05. The minimum Gasteiger partial charge on any atom is -0.326 e. The van der Waals surface area contributed by atoms with E-state index in [0.29, 0.717) is 12.5 Å². The quantitative estimate of drug-likeness (QED) is 0.544. The molecule has 0 radical (unpaired) electrons. The molecule has 0 aromatic rings. The fourth-order valence-electron chi connectivity index (χ4n) is 1.37. The maximum atomic E-state index is 10.5. The van der Waals surface area contributed by atoms with Gasteiger partial charge in [-0.15, -0.1) is 0 Å². The molecule has 0 aliphatic heterocycles. The average molecular weight is 224 g/mol. The van der Waals surface area contributed by atoms with Gasteiger partial charge in [0.15, 0.2) is 0 Å². The van der Waals surface area contributed by atoms with Gasteiger partial charge in [0.2, 0.25) is 0 Å². The largest absolute Gasteiger partial charge is 0.326 e. The summed E-state index contributed by atoms with van der Waals surface area (Å²) in [6.07, 6.45) is 1.58. The second-order valence-corrected chi connectivity index (χ2v) is 5.97. The van der Waals surface area contributed by atoms with Crippen molar-refractivity contribution in [1.29, 1.82) is 0 Å². The molecule has 0 saturated heterocycles. The molecule has 0 rings (SSSR count). The van der Waals surface area contributed by atoms with Crippen LogP contribution in [0.15, 0.2) is 0 Å². The third kappa shape index (κ3) is 5.57. The monoisotopic (exact) mass is 224 g/mol. The van der Waals surface area contributed by atoms with Crippen LogP contribution in [0.4, 0.5) is 0 Å². The summed E-state index contributed by atoms with van der Waals surface area (Å²) < 4.78 is 30.4. The first-order valence-electron chi connectivity index (χ1n) is 4.97. The summed E-state index contributed by atoms with van der Waals surface area (Å²) in [4.78, 5) is 0. The molecular weight excluding hydrogens is 202 g/mol. The second kappa shape index (κ2) is 5.09. The lowest BCUT2D eigenvalue weighted by Gasteiger charge is -2.35. The van der Waals surface area contributed by atoms with E-state index in [1.54, 1.807) is 0 Å². The number of nitrogens with zero attached hydrogens (tertiary/aromatic N) is 1. The van der Waals surface area contributed by atoms with Gasteiger partial charge in [0, 0.05) is 6.42 Å². The summed E-state index contributed by atoms with van der Waals surface area (Å²) in [5, 5.41) is 0. The molecule has 1 N–H and O–H groups in total. The lowest BCUT2D eigenvalue weighted by molar-refractivity contribution is -0.913. The number of hydrogen-bond donors (Lipinski definition) is 1. The van der Waals surface area contributed by atoms with E-state index in [2.05, 4.69) is 27.9 Å². The highest BCUT2D eigenvalue weighted by Gasteiger charge is 2.22. The van der Waals surface area contributed by atoms with Crippen molar-refractivity contribution in [2.24, 2.45) is 0 Å². The topological polar surface area (TPSA) is 54.4 Å². The second-order valence-electron chi connectivity index (χ2n) is 4.40. The molecule has 5 heteroatoms.